The van der Waals surface area contributed by atoms with Crippen molar-refractivity contribution in [1.29, 1.82) is 0 Å². The number of rotatable bonds is 3. The molecule has 2 aliphatic rings. The van der Waals surface area contributed by atoms with Gasteiger partial charge in [-0.25, -0.2) is 0 Å². The quantitative estimate of drug-likeness (QED) is 0.338. The van der Waals surface area contributed by atoms with E-state index in [1.54, 1.807) is 14.2 Å². The number of halogens is 1. The Hall–Kier alpha value is -2.99. The van der Waals surface area contributed by atoms with Crippen LogP contribution in [0.2, 0.25) is 0 Å². The van der Waals surface area contributed by atoms with Gasteiger partial charge in [-0.15, -0.1) is 0 Å². The summed E-state index contributed by atoms with van der Waals surface area (Å²) in [6, 6.07) is 10.5. The maximum Gasteiger partial charge on any atom is 0.231 e. The van der Waals surface area contributed by atoms with Gasteiger partial charge in [-0.1, -0.05) is 6.58 Å². The lowest BCUT2D eigenvalue weighted by Crippen LogP contribution is -3.00. The van der Waals surface area contributed by atoms with Crippen LogP contribution in [0.5, 0.6) is 23.0 Å². The van der Waals surface area contributed by atoms with Crippen molar-refractivity contribution in [2.24, 2.45) is 0 Å². The third kappa shape index (κ3) is 2.25. The number of aromatic nitrogens is 1. The number of benzene rings is 3. The summed E-state index contributed by atoms with van der Waals surface area (Å²) >= 11 is 0. The molecule has 0 fully saturated rings. The standard InChI is InChI=1S/C24H20NO4.BrH/c1-4-17-21-14(7-8-18(26-2)24(21)27-3)15-5-6-16-20-13(9-10-25(17)22(15)20)11-19-23(16)29-12-28-19;/h4-8,11H,1,9-10,12H2,2-3H3;1H/q+1;/p-1. The SMILES string of the molecule is C=Cc1c2c(OC)c(OC)ccc2c2ccc3c4c(cc5c3c2[n+]1CC5)OCO4.[Br-]. The Morgan fingerprint density at radius 3 is 2.57 bits per heavy atom. The largest absolute Gasteiger partial charge is 1.00 e. The molecule has 0 saturated heterocycles. The number of aryl methyl sites for hydroxylation is 2. The molecule has 0 saturated carbocycles. The van der Waals surface area contributed by atoms with Gasteiger partial charge in [0.2, 0.25) is 18.0 Å². The molecule has 3 aromatic carbocycles. The molecule has 4 aromatic rings. The smallest absolute Gasteiger partial charge is 0.231 e. The van der Waals surface area contributed by atoms with E-state index in [1.165, 1.54) is 21.9 Å². The molecule has 0 amide bonds. The summed E-state index contributed by atoms with van der Waals surface area (Å²) in [5, 5.41) is 5.66. The first-order valence-corrected chi connectivity index (χ1v) is 9.67. The van der Waals surface area contributed by atoms with Crippen LogP contribution in [0.1, 0.15) is 11.3 Å². The highest BCUT2D eigenvalue weighted by molar-refractivity contribution is 6.18. The summed E-state index contributed by atoms with van der Waals surface area (Å²) in [7, 11) is 3.35. The van der Waals surface area contributed by atoms with E-state index in [-0.39, 0.29) is 23.8 Å². The number of methoxy groups -OCH3 is 2. The number of pyridine rings is 1. The van der Waals surface area contributed by atoms with Crippen molar-refractivity contribution >= 4 is 38.5 Å². The van der Waals surface area contributed by atoms with Gasteiger partial charge in [0, 0.05) is 23.3 Å². The molecule has 0 radical (unpaired) electrons. The first kappa shape index (κ1) is 19.0. The van der Waals surface area contributed by atoms with E-state index in [0.29, 0.717) is 0 Å². The third-order valence-corrected chi connectivity index (χ3v) is 6.14. The predicted octanol–water partition coefficient (Wildman–Crippen LogP) is 1.38. The summed E-state index contributed by atoms with van der Waals surface area (Å²) in [6.07, 6.45) is 2.84. The molecule has 2 aliphatic heterocycles. The van der Waals surface area contributed by atoms with Crippen LogP contribution in [0.15, 0.2) is 36.9 Å². The van der Waals surface area contributed by atoms with E-state index in [4.69, 9.17) is 18.9 Å². The van der Waals surface area contributed by atoms with Crippen LogP contribution in [0.4, 0.5) is 0 Å². The second kappa shape index (κ2) is 6.77. The summed E-state index contributed by atoms with van der Waals surface area (Å²) < 4.78 is 25.2. The molecule has 5 nitrogen and oxygen atoms in total. The van der Waals surface area contributed by atoms with Gasteiger partial charge >= 0.3 is 0 Å². The van der Waals surface area contributed by atoms with Gasteiger partial charge in [0.1, 0.15) is 5.39 Å². The minimum Gasteiger partial charge on any atom is -1.00 e. The number of ether oxygens (including phenoxy) is 4. The van der Waals surface area contributed by atoms with E-state index >= 15 is 0 Å². The predicted molar refractivity (Wildman–Crippen MR) is 112 cm³/mol. The fraction of sp³-hybridized carbons (Fsp3) is 0.208. The zero-order valence-electron chi connectivity index (χ0n) is 16.8. The fourth-order valence-corrected chi connectivity index (χ4v) is 4.97. The highest BCUT2D eigenvalue weighted by Gasteiger charge is 2.32. The van der Waals surface area contributed by atoms with Gasteiger partial charge in [-0.2, -0.15) is 4.57 Å². The third-order valence-electron chi connectivity index (χ3n) is 6.14. The average Bonchev–Trinajstić information content (AvgIpc) is 3.24. The van der Waals surface area contributed by atoms with Crippen LogP contribution in [0.3, 0.4) is 0 Å². The van der Waals surface area contributed by atoms with Gasteiger partial charge in [0.25, 0.3) is 0 Å². The lowest BCUT2D eigenvalue weighted by atomic mass is 9.91. The van der Waals surface area contributed by atoms with E-state index in [0.717, 1.165) is 57.8 Å². The molecule has 0 aliphatic carbocycles. The zero-order chi connectivity index (χ0) is 19.7. The van der Waals surface area contributed by atoms with Crippen LogP contribution in [-0.2, 0) is 13.0 Å². The monoisotopic (exact) mass is 465 g/mol. The minimum atomic E-state index is 0. The van der Waals surface area contributed by atoms with Crippen molar-refractivity contribution in [3.05, 3.63) is 48.2 Å². The Kier molecular flexibility index (Phi) is 4.29. The molecule has 6 rings (SSSR count). The molecule has 0 bridgehead atoms. The van der Waals surface area contributed by atoms with Gasteiger partial charge < -0.3 is 35.9 Å². The second-order valence-electron chi connectivity index (χ2n) is 7.37. The van der Waals surface area contributed by atoms with Crippen LogP contribution >= 0.6 is 0 Å². The van der Waals surface area contributed by atoms with Gasteiger partial charge in [0.15, 0.2) is 29.5 Å². The molecule has 0 atom stereocenters. The number of hydrogen-bond donors (Lipinski definition) is 0. The first-order valence-electron chi connectivity index (χ1n) is 9.67. The molecular formula is C24H20BrNO4. The molecule has 3 heterocycles. The summed E-state index contributed by atoms with van der Waals surface area (Å²) in [5.74, 6) is 3.14. The molecule has 1 aromatic heterocycles. The van der Waals surface area contributed by atoms with Crippen molar-refractivity contribution in [2.75, 3.05) is 21.0 Å². The molecular weight excluding hydrogens is 446 g/mol. The Morgan fingerprint density at radius 2 is 1.80 bits per heavy atom. The Labute approximate surface area is 184 Å². The molecule has 0 spiro atoms. The first-order chi connectivity index (χ1) is 14.3. The molecule has 152 valence electrons. The summed E-state index contributed by atoms with van der Waals surface area (Å²) in [5.41, 5.74) is 3.54. The maximum absolute atomic E-state index is 5.80. The van der Waals surface area contributed by atoms with E-state index in [9.17, 15) is 0 Å². The zero-order valence-corrected chi connectivity index (χ0v) is 18.3. The minimum absolute atomic E-state index is 0. The van der Waals surface area contributed by atoms with Gasteiger partial charge in [-0.05, 0) is 35.9 Å². The lowest BCUT2D eigenvalue weighted by molar-refractivity contribution is -0.671. The molecule has 0 N–H and O–H groups in total. The molecule has 6 heteroatoms. The Morgan fingerprint density at radius 1 is 1.00 bits per heavy atom. The second-order valence-corrected chi connectivity index (χ2v) is 7.37. The normalized spacial score (nSPS) is 13.7. The van der Waals surface area contributed by atoms with Crippen molar-refractivity contribution in [2.45, 2.75) is 13.0 Å². The topological polar surface area (TPSA) is 40.8 Å². The molecule has 30 heavy (non-hydrogen) atoms. The lowest BCUT2D eigenvalue weighted by Gasteiger charge is -2.20. The van der Waals surface area contributed by atoms with Crippen molar-refractivity contribution < 1.29 is 40.5 Å². The summed E-state index contributed by atoms with van der Waals surface area (Å²) in [6.45, 7) is 5.26. The van der Waals surface area contributed by atoms with E-state index < -0.39 is 0 Å². The van der Waals surface area contributed by atoms with E-state index in [1.807, 2.05) is 12.1 Å². The number of fused-ring (bicyclic) bond motifs is 4. The van der Waals surface area contributed by atoms with Gasteiger partial charge in [0.05, 0.1) is 25.0 Å². The highest BCUT2D eigenvalue weighted by Crippen LogP contribution is 2.47. The van der Waals surface area contributed by atoms with Crippen molar-refractivity contribution in [1.82, 2.24) is 0 Å². The van der Waals surface area contributed by atoms with Crippen LogP contribution in [-0.4, -0.2) is 21.0 Å². The van der Waals surface area contributed by atoms with Crippen LogP contribution in [0.25, 0.3) is 38.5 Å². The number of hydrogen-bond acceptors (Lipinski definition) is 4. The van der Waals surface area contributed by atoms with Crippen LogP contribution < -0.4 is 40.5 Å². The Balaban J connectivity index is 0.00000193. The van der Waals surface area contributed by atoms with Gasteiger partial charge in [-0.3, -0.25) is 0 Å². The molecule has 0 unspecified atom stereocenters. The van der Waals surface area contributed by atoms with E-state index in [2.05, 4.69) is 35.4 Å². The number of nitrogens with zero attached hydrogens (tertiary/aromatic N) is 1. The Bertz CT molecular complexity index is 1380. The van der Waals surface area contributed by atoms with Crippen molar-refractivity contribution in [3.8, 4) is 23.0 Å². The van der Waals surface area contributed by atoms with Crippen LogP contribution in [0, 0.1) is 0 Å². The summed E-state index contributed by atoms with van der Waals surface area (Å²) in [4.78, 5) is 0. The maximum atomic E-state index is 5.80. The van der Waals surface area contributed by atoms with Crippen molar-refractivity contribution in [3.63, 3.8) is 0 Å². The highest BCUT2D eigenvalue weighted by atomic mass is 79.9. The fourth-order valence-electron chi connectivity index (χ4n) is 4.97. The average molecular weight is 466 g/mol.